The Hall–Kier alpha value is -0.560. The molecule has 0 aromatic carbocycles. The molecule has 1 heteroatoms. The fourth-order valence-corrected chi connectivity index (χ4v) is 1.33. The topological polar surface area (TPSA) is 20.2 Å². The van der Waals surface area contributed by atoms with Crippen LogP contribution in [0.1, 0.15) is 39.5 Å². The van der Waals surface area contributed by atoms with Gasteiger partial charge in [0, 0.05) is 0 Å². The highest BCUT2D eigenvalue weighted by Gasteiger charge is 2.00. The molecule has 0 aliphatic heterocycles. The molecule has 2 atom stereocenters. The Kier molecular flexibility index (Phi) is 7.71. The molecule has 0 unspecified atom stereocenters. The molecule has 13 heavy (non-hydrogen) atoms. The lowest BCUT2D eigenvalue weighted by Gasteiger charge is -2.07. The predicted molar refractivity (Wildman–Crippen MR) is 58.6 cm³/mol. The highest BCUT2D eigenvalue weighted by Crippen LogP contribution is 2.08. The Balaban J connectivity index is 3.41. The summed E-state index contributed by atoms with van der Waals surface area (Å²) in [5.41, 5.74) is 0. The average molecular weight is 182 g/mol. The predicted octanol–water partition coefficient (Wildman–Crippen LogP) is 3.31. The van der Waals surface area contributed by atoms with Gasteiger partial charge in [-0.3, -0.25) is 0 Å². The van der Waals surface area contributed by atoms with Gasteiger partial charge < -0.3 is 5.11 Å². The molecule has 76 valence electrons. The summed E-state index contributed by atoms with van der Waals surface area (Å²) in [6.45, 7) is 7.65. The minimum Gasteiger partial charge on any atom is -0.393 e. The van der Waals surface area contributed by atoms with Crippen molar-refractivity contribution in [3.63, 3.8) is 0 Å². The second-order valence-electron chi connectivity index (χ2n) is 3.71. The molecule has 0 fully saturated rings. The lowest BCUT2D eigenvalue weighted by atomic mass is 10.0. The van der Waals surface area contributed by atoms with Gasteiger partial charge in [0.2, 0.25) is 0 Å². The quantitative estimate of drug-likeness (QED) is 0.473. The standard InChI is InChI=1S/C12H22O/c1-4-5-6-7-8-9-11(2)10-12(3)13/h4,8-9,11-13H,1,5-7,10H2,2-3H3/b9-8-/t11-,12-/m0/s1. The maximum atomic E-state index is 9.12. The third-order valence-corrected chi connectivity index (χ3v) is 1.96. The van der Waals surface area contributed by atoms with E-state index >= 15 is 0 Å². The van der Waals surface area contributed by atoms with Crippen LogP contribution in [-0.2, 0) is 0 Å². The third kappa shape index (κ3) is 9.35. The summed E-state index contributed by atoms with van der Waals surface area (Å²) in [5.74, 6) is 0.490. The summed E-state index contributed by atoms with van der Waals surface area (Å²) in [6, 6.07) is 0. The fourth-order valence-electron chi connectivity index (χ4n) is 1.33. The molecule has 0 saturated heterocycles. The number of rotatable bonds is 7. The zero-order valence-electron chi connectivity index (χ0n) is 8.87. The molecule has 0 aromatic heterocycles. The first-order valence-corrected chi connectivity index (χ1v) is 5.12. The molecule has 1 N–H and O–H groups in total. The Labute approximate surface area is 82.2 Å². The van der Waals surface area contributed by atoms with Crippen molar-refractivity contribution in [1.29, 1.82) is 0 Å². The van der Waals surface area contributed by atoms with E-state index in [4.69, 9.17) is 5.11 Å². The Morgan fingerprint density at radius 1 is 1.31 bits per heavy atom. The van der Waals surface area contributed by atoms with Crippen molar-refractivity contribution in [1.82, 2.24) is 0 Å². The lowest BCUT2D eigenvalue weighted by molar-refractivity contribution is 0.172. The maximum absolute atomic E-state index is 9.12. The normalized spacial score (nSPS) is 15.9. The van der Waals surface area contributed by atoms with Crippen molar-refractivity contribution in [2.24, 2.45) is 5.92 Å². The van der Waals surface area contributed by atoms with E-state index in [0.717, 1.165) is 19.3 Å². The van der Waals surface area contributed by atoms with Crippen molar-refractivity contribution >= 4 is 0 Å². The summed E-state index contributed by atoms with van der Waals surface area (Å²) >= 11 is 0. The largest absolute Gasteiger partial charge is 0.393 e. The van der Waals surface area contributed by atoms with Gasteiger partial charge in [-0.05, 0) is 38.5 Å². The number of hydrogen-bond acceptors (Lipinski definition) is 1. The zero-order chi connectivity index (χ0) is 10.1. The molecule has 0 aliphatic carbocycles. The molecule has 0 heterocycles. The number of aliphatic hydroxyl groups excluding tert-OH is 1. The van der Waals surface area contributed by atoms with E-state index in [-0.39, 0.29) is 6.10 Å². The highest BCUT2D eigenvalue weighted by molar-refractivity contribution is 4.87. The van der Waals surface area contributed by atoms with Crippen molar-refractivity contribution in [3.8, 4) is 0 Å². The van der Waals surface area contributed by atoms with Crippen LogP contribution in [0.4, 0.5) is 0 Å². The Morgan fingerprint density at radius 2 is 2.00 bits per heavy atom. The summed E-state index contributed by atoms with van der Waals surface area (Å²) < 4.78 is 0. The van der Waals surface area contributed by atoms with Gasteiger partial charge in [0.1, 0.15) is 0 Å². The second-order valence-corrected chi connectivity index (χ2v) is 3.71. The molecule has 0 radical (unpaired) electrons. The molecule has 0 aromatic rings. The van der Waals surface area contributed by atoms with Crippen molar-refractivity contribution < 1.29 is 5.11 Å². The van der Waals surface area contributed by atoms with E-state index < -0.39 is 0 Å². The molecular formula is C12H22O. The number of allylic oxidation sites excluding steroid dienone is 3. The van der Waals surface area contributed by atoms with Crippen LogP contribution in [0.25, 0.3) is 0 Å². The van der Waals surface area contributed by atoms with Gasteiger partial charge in [0.05, 0.1) is 6.10 Å². The van der Waals surface area contributed by atoms with Gasteiger partial charge in [-0.1, -0.05) is 25.2 Å². The molecule has 0 amide bonds. The summed E-state index contributed by atoms with van der Waals surface area (Å²) in [4.78, 5) is 0. The number of hydrogen-bond donors (Lipinski definition) is 1. The van der Waals surface area contributed by atoms with Crippen LogP contribution in [0, 0.1) is 5.92 Å². The first kappa shape index (κ1) is 12.4. The minimum absolute atomic E-state index is 0.187. The van der Waals surface area contributed by atoms with E-state index in [1.165, 1.54) is 6.42 Å². The average Bonchev–Trinajstić information content (AvgIpc) is 2.02. The lowest BCUT2D eigenvalue weighted by Crippen LogP contribution is -2.04. The molecule has 0 aliphatic rings. The Morgan fingerprint density at radius 3 is 2.54 bits per heavy atom. The van der Waals surface area contributed by atoms with Gasteiger partial charge in [-0.15, -0.1) is 6.58 Å². The zero-order valence-corrected chi connectivity index (χ0v) is 8.87. The number of aliphatic hydroxyl groups is 1. The van der Waals surface area contributed by atoms with Crippen LogP contribution in [0.15, 0.2) is 24.8 Å². The maximum Gasteiger partial charge on any atom is 0.0517 e. The first-order valence-electron chi connectivity index (χ1n) is 5.12. The Bertz CT molecular complexity index is 147. The van der Waals surface area contributed by atoms with E-state index in [9.17, 15) is 0 Å². The van der Waals surface area contributed by atoms with Gasteiger partial charge in [0.15, 0.2) is 0 Å². The minimum atomic E-state index is -0.187. The van der Waals surface area contributed by atoms with Crippen molar-refractivity contribution in [2.45, 2.75) is 45.6 Å². The van der Waals surface area contributed by atoms with Crippen molar-refractivity contribution in [2.75, 3.05) is 0 Å². The SMILES string of the molecule is C=CCCC/C=C\[C@H](C)C[C@H](C)O. The first-order chi connectivity index (χ1) is 6.16. The molecule has 0 rings (SSSR count). The van der Waals surface area contributed by atoms with Gasteiger partial charge in [-0.25, -0.2) is 0 Å². The summed E-state index contributed by atoms with van der Waals surface area (Å²) in [5, 5.41) is 9.12. The monoisotopic (exact) mass is 182 g/mol. The molecule has 0 saturated carbocycles. The van der Waals surface area contributed by atoms with E-state index in [1.807, 2.05) is 13.0 Å². The van der Waals surface area contributed by atoms with Crippen LogP contribution < -0.4 is 0 Å². The summed E-state index contributed by atoms with van der Waals surface area (Å²) in [6.07, 6.45) is 10.4. The smallest absolute Gasteiger partial charge is 0.0517 e. The fraction of sp³-hybridized carbons (Fsp3) is 0.667. The highest BCUT2D eigenvalue weighted by atomic mass is 16.3. The molecule has 1 nitrogen and oxygen atoms in total. The van der Waals surface area contributed by atoms with Crippen molar-refractivity contribution in [3.05, 3.63) is 24.8 Å². The molecular weight excluding hydrogens is 160 g/mol. The van der Waals surface area contributed by atoms with Crippen LogP contribution in [-0.4, -0.2) is 11.2 Å². The third-order valence-electron chi connectivity index (χ3n) is 1.96. The van der Waals surface area contributed by atoms with Gasteiger partial charge in [-0.2, -0.15) is 0 Å². The second kappa shape index (κ2) is 8.06. The van der Waals surface area contributed by atoms with E-state index in [0.29, 0.717) is 5.92 Å². The van der Waals surface area contributed by atoms with Gasteiger partial charge >= 0.3 is 0 Å². The van der Waals surface area contributed by atoms with Crippen LogP contribution in [0.2, 0.25) is 0 Å². The van der Waals surface area contributed by atoms with E-state index in [2.05, 4.69) is 25.7 Å². The van der Waals surface area contributed by atoms with Gasteiger partial charge in [0.25, 0.3) is 0 Å². The van der Waals surface area contributed by atoms with Crippen LogP contribution >= 0.6 is 0 Å². The summed E-state index contributed by atoms with van der Waals surface area (Å²) in [7, 11) is 0. The number of unbranched alkanes of at least 4 members (excludes halogenated alkanes) is 2. The molecule has 0 spiro atoms. The van der Waals surface area contributed by atoms with E-state index in [1.54, 1.807) is 0 Å². The van der Waals surface area contributed by atoms with Crippen LogP contribution in [0.3, 0.4) is 0 Å². The molecule has 0 bridgehead atoms. The van der Waals surface area contributed by atoms with Crippen LogP contribution in [0.5, 0.6) is 0 Å².